The van der Waals surface area contributed by atoms with Crippen molar-refractivity contribution in [3.63, 3.8) is 0 Å². The first kappa shape index (κ1) is 20.0. The van der Waals surface area contributed by atoms with Crippen LogP contribution in [0.1, 0.15) is 15.9 Å². The van der Waals surface area contributed by atoms with Gasteiger partial charge in [-0.3, -0.25) is 4.79 Å². The van der Waals surface area contributed by atoms with Gasteiger partial charge in [-0.15, -0.1) is 0 Å². The van der Waals surface area contributed by atoms with Crippen LogP contribution in [0.25, 0.3) is 0 Å². The van der Waals surface area contributed by atoms with Crippen molar-refractivity contribution in [1.82, 2.24) is 0 Å². The fourth-order valence-electron chi connectivity index (χ4n) is 2.16. The van der Waals surface area contributed by atoms with Gasteiger partial charge >= 0.3 is 5.97 Å². The minimum Gasteiger partial charge on any atom is -0.452 e. The summed E-state index contributed by atoms with van der Waals surface area (Å²) < 4.78 is 5.05. The predicted octanol–water partition coefficient (Wildman–Crippen LogP) is 3.50. The van der Waals surface area contributed by atoms with Crippen LogP contribution in [0.4, 0.5) is 11.4 Å². The largest absolute Gasteiger partial charge is 0.452 e. The van der Waals surface area contributed by atoms with E-state index in [0.717, 1.165) is 5.56 Å². The number of nitrogens with one attached hydrogen (secondary N) is 2. The van der Waals surface area contributed by atoms with E-state index in [1.54, 1.807) is 43.3 Å². The number of halogens is 2. The summed E-state index contributed by atoms with van der Waals surface area (Å²) in [7, 11) is 0. The molecule has 6 nitrogen and oxygen atoms in total. The second-order valence-electron chi connectivity index (χ2n) is 5.37. The average molecular weight is 397 g/mol. The molecule has 2 aromatic rings. The van der Waals surface area contributed by atoms with E-state index in [-0.39, 0.29) is 24.4 Å². The number of anilines is 2. The highest BCUT2D eigenvalue weighted by molar-refractivity contribution is 6.40. The van der Waals surface area contributed by atoms with Crippen LogP contribution in [0.15, 0.2) is 36.4 Å². The average Bonchev–Trinajstić information content (AvgIpc) is 2.65. The minimum atomic E-state index is -0.664. The van der Waals surface area contributed by atoms with E-state index in [4.69, 9.17) is 33.0 Å². The highest BCUT2D eigenvalue weighted by Crippen LogP contribution is 2.32. The third-order valence-corrected chi connectivity index (χ3v) is 4.26. The van der Waals surface area contributed by atoms with E-state index in [1.807, 2.05) is 0 Å². The van der Waals surface area contributed by atoms with Crippen LogP contribution >= 0.6 is 23.2 Å². The van der Waals surface area contributed by atoms with Gasteiger partial charge < -0.3 is 20.5 Å². The smallest absolute Gasteiger partial charge is 0.340 e. The first-order valence-corrected chi connectivity index (χ1v) is 8.55. The number of benzene rings is 2. The summed E-state index contributed by atoms with van der Waals surface area (Å²) in [5.74, 6) is -1.23. The zero-order chi connectivity index (χ0) is 19.1. The predicted molar refractivity (Wildman–Crippen MR) is 102 cm³/mol. The number of esters is 1. The first-order chi connectivity index (χ1) is 12.4. The van der Waals surface area contributed by atoms with Gasteiger partial charge in [0.25, 0.3) is 5.91 Å². The van der Waals surface area contributed by atoms with E-state index in [0.29, 0.717) is 15.7 Å². The van der Waals surface area contributed by atoms with Crippen molar-refractivity contribution < 1.29 is 19.4 Å². The summed E-state index contributed by atoms with van der Waals surface area (Å²) in [6, 6.07) is 10.0. The molecule has 0 aliphatic rings. The molecule has 2 aromatic carbocycles. The van der Waals surface area contributed by atoms with Crippen molar-refractivity contribution in [2.75, 3.05) is 30.4 Å². The summed E-state index contributed by atoms with van der Waals surface area (Å²) in [4.78, 5) is 24.3. The quantitative estimate of drug-likeness (QED) is 0.623. The Labute approximate surface area is 161 Å². The van der Waals surface area contributed by atoms with Crippen molar-refractivity contribution in [3.8, 4) is 0 Å². The summed E-state index contributed by atoms with van der Waals surface area (Å²) >= 11 is 12.2. The Morgan fingerprint density at radius 3 is 2.62 bits per heavy atom. The van der Waals surface area contributed by atoms with Crippen LogP contribution in [0.5, 0.6) is 0 Å². The lowest BCUT2D eigenvalue weighted by atomic mass is 10.2. The number of para-hydroxylation sites is 1. The van der Waals surface area contributed by atoms with E-state index in [9.17, 15) is 9.59 Å². The Morgan fingerprint density at radius 2 is 1.88 bits per heavy atom. The van der Waals surface area contributed by atoms with E-state index in [2.05, 4.69) is 10.6 Å². The van der Waals surface area contributed by atoms with Crippen molar-refractivity contribution >= 4 is 46.5 Å². The molecule has 8 heteroatoms. The molecule has 0 aromatic heterocycles. The van der Waals surface area contributed by atoms with Gasteiger partial charge in [-0.2, -0.15) is 0 Å². The third kappa shape index (κ3) is 5.11. The molecule has 0 spiro atoms. The number of aliphatic hydroxyl groups is 1. The Kier molecular flexibility index (Phi) is 7.26. The molecule has 0 atom stereocenters. The summed E-state index contributed by atoms with van der Waals surface area (Å²) in [6.45, 7) is 1.50. The lowest BCUT2D eigenvalue weighted by Gasteiger charge is -2.13. The second kappa shape index (κ2) is 9.43. The molecule has 0 saturated heterocycles. The van der Waals surface area contributed by atoms with Gasteiger partial charge in [0.2, 0.25) is 0 Å². The van der Waals surface area contributed by atoms with Gasteiger partial charge in [0, 0.05) is 12.2 Å². The van der Waals surface area contributed by atoms with Gasteiger partial charge in [-0.1, -0.05) is 41.4 Å². The molecule has 3 N–H and O–H groups in total. The molecule has 0 aliphatic heterocycles. The molecular formula is C18H18Cl2N2O4. The molecule has 138 valence electrons. The van der Waals surface area contributed by atoms with Gasteiger partial charge in [-0.05, 0) is 30.7 Å². The van der Waals surface area contributed by atoms with Crippen molar-refractivity contribution in [3.05, 3.63) is 57.6 Å². The molecule has 0 fully saturated rings. The molecule has 26 heavy (non-hydrogen) atoms. The van der Waals surface area contributed by atoms with Crippen molar-refractivity contribution in [2.24, 2.45) is 0 Å². The lowest BCUT2D eigenvalue weighted by molar-refractivity contribution is -0.119. The van der Waals surface area contributed by atoms with Crippen LogP contribution < -0.4 is 10.6 Å². The molecule has 1 amide bonds. The molecule has 0 saturated carbocycles. The lowest BCUT2D eigenvalue weighted by Crippen LogP contribution is -2.22. The summed E-state index contributed by atoms with van der Waals surface area (Å²) in [5.41, 5.74) is 1.81. The Morgan fingerprint density at radius 1 is 1.15 bits per heavy atom. The zero-order valence-corrected chi connectivity index (χ0v) is 15.5. The molecule has 0 heterocycles. The topological polar surface area (TPSA) is 87.7 Å². The number of rotatable bonds is 7. The highest BCUT2D eigenvalue weighted by Gasteiger charge is 2.16. The SMILES string of the molecule is Cc1ccc(Cl)c(NC(=O)COC(=O)c2ccccc2NCCO)c1Cl. The Balaban J connectivity index is 2.00. The molecule has 2 rings (SSSR count). The van der Waals surface area contributed by atoms with E-state index in [1.165, 1.54) is 0 Å². The number of carbonyl (C=O) groups is 2. The number of amides is 1. The van der Waals surface area contributed by atoms with Crippen LogP contribution in [0.3, 0.4) is 0 Å². The maximum Gasteiger partial charge on any atom is 0.340 e. The fourth-order valence-corrected chi connectivity index (χ4v) is 2.63. The van der Waals surface area contributed by atoms with Crippen molar-refractivity contribution in [2.45, 2.75) is 6.92 Å². The van der Waals surface area contributed by atoms with E-state index < -0.39 is 18.5 Å². The van der Waals surface area contributed by atoms with Crippen LogP contribution in [-0.4, -0.2) is 36.7 Å². The monoisotopic (exact) mass is 396 g/mol. The third-order valence-electron chi connectivity index (χ3n) is 3.46. The molecule has 0 unspecified atom stereocenters. The fraction of sp³-hybridized carbons (Fsp3) is 0.222. The van der Waals surface area contributed by atoms with Crippen LogP contribution in [-0.2, 0) is 9.53 Å². The maximum atomic E-state index is 12.2. The van der Waals surface area contributed by atoms with E-state index >= 15 is 0 Å². The van der Waals surface area contributed by atoms with Gasteiger partial charge in [0.1, 0.15) is 0 Å². The molecule has 0 bridgehead atoms. The normalized spacial score (nSPS) is 10.3. The molecule has 0 radical (unpaired) electrons. The highest BCUT2D eigenvalue weighted by atomic mass is 35.5. The van der Waals surface area contributed by atoms with Crippen molar-refractivity contribution in [1.29, 1.82) is 0 Å². The number of hydrogen-bond acceptors (Lipinski definition) is 5. The number of hydrogen-bond donors (Lipinski definition) is 3. The summed E-state index contributed by atoms with van der Waals surface area (Å²) in [6.07, 6.45) is 0. The van der Waals surface area contributed by atoms with Gasteiger partial charge in [0.05, 0.1) is 27.9 Å². The number of carbonyl (C=O) groups excluding carboxylic acids is 2. The standard InChI is InChI=1S/C18H18Cl2N2O4/c1-11-6-7-13(19)17(16(11)20)22-15(24)10-26-18(25)12-4-2-3-5-14(12)21-8-9-23/h2-7,21,23H,8-10H2,1H3,(H,22,24). The van der Waals surface area contributed by atoms with Gasteiger partial charge in [0.15, 0.2) is 6.61 Å². The summed E-state index contributed by atoms with van der Waals surface area (Å²) in [5, 5.41) is 15.0. The maximum absolute atomic E-state index is 12.2. The Hall–Kier alpha value is -2.28. The number of aliphatic hydroxyl groups excluding tert-OH is 1. The van der Waals surface area contributed by atoms with Gasteiger partial charge in [-0.25, -0.2) is 4.79 Å². The van der Waals surface area contributed by atoms with Crippen LogP contribution in [0, 0.1) is 6.92 Å². The zero-order valence-electron chi connectivity index (χ0n) is 14.0. The first-order valence-electron chi connectivity index (χ1n) is 7.79. The Bertz CT molecular complexity index is 812. The number of aryl methyl sites for hydroxylation is 1. The second-order valence-corrected chi connectivity index (χ2v) is 6.16. The molecular weight excluding hydrogens is 379 g/mol. The van der Waals surface area contributed by atoms with Crippen LogP contribution in [0.2, 0.25) is 10.0 Å². The molecule has 0 aliphatic carbocycles. The minimum absolute atomic E-state index is 0.0796. The number of ether oxygens (including phenoxy) is 1.